The van der Waals surface area contributed by atoms with Crippen molar-refractivity contribution in [3.8, 4) is 0 Å². The third kappa shape index (κ3) is 4.98. The number of hydrogen-bond acceptors (Lipinski definition) is 2. The fourth-order valence-electron chi connectivity index (χ4n) is 4.46. The maximum Gasteiger partial charge on any atom is 0.123 e. The molecule has 0 spiro atoms. The van der Waals surface area contributed by atoms with Crippen LogP contribution in [0, 0.1) is 29.4 Å². The largest absolute Gasteiger partial charge is 0.388 e. The molecule has 2 nitrogen and oxygen atoms in total. The number of aliphatic hydroxyl groups is 1. The van der Waals surface area contributed by atoms with E-state index in [0.717, 1.165) is 49.0 Å². The van der Waals surface area contributed by atoms with E-state index in [-0.39, 0.29) is 17.6 Å². The van der Waals surface area contributed by atoms with E-state index in [4.69, 9.17) is 0 Å². The molecule has 0 aliphatic heterocycles. The van der Waals surface area contributed by atoms with Gasteiger partial charge in [0.05, 0.1) is 6.10 Å². The molecule has 0 amide bonds. The molecule has 0 saturated heterocycles. The monoisotopic (exact) mass is 387 g/mol. The van der Waals surface area contributed by atoms with Crippen LogP contribution in [0.5, 0.6) is 0 Å². The summed E-state index contributed by atoms with van der Waals surface area (Å²) >= 11 is 0. The van der Waals surface area contributed by atoms with Crippen molar-refractivity contribution in [2.24, 2.45) is 17.8 Å². The van der Waals surface area contributed by atoms with Crippen molar-refractivity contribution in [3.05, 3.63) is 70.8 Å². The molecule has 3 rings (SSSR count). The summed E-state index contributed by atoms with van der Waals surface area (Å²) in [5.41, 5.74) is 2.96. The van der Waals surface area contributed by atoms with Crippen LogP contribution in [-0.2, 0) is 12.8 Å². The van der Waals surface area contributed by atoms with E-state index in [9.17, 15) is 13.9 Å². The molecule has 4 heteroatoms. The highest BCUT2D eigenvalue weighted by atomic mass is 19.1. The quantitative estimate of drug-likeness (QED) is 0.722. The van der Waals surface area contributed by atoms with Crippen LogP contribution in [-0.4, -0.2) is 30.1 Å². The Kier molecular flexibility index (Phi) is 6.84. The molecule has 0 saturated carbocycles. The summed E-state index contributed by atoms with van der Waals surface area (Å²) in [7, 11) is 2.09. The topological polar surface area (TPSA) is 23.5 Å². The molecule has 2 aromatic carbocycles. The second kappa shape index (κ2) is 9.15. The van der Waals surface area contributed by atoms with E-state index in [0.29, 0.717) is 11.8 Å². The predicted octanol–water partition coefficient (Wildman–Crippen LogP) is 5.01. The van der Waals surface area contributed by atoms with Crippen LogP contribution in [0.4, 0.5) is 8.78 Å². The lowest BCUT2D eigenvalue weighted by Crippen LogP contribution is -2.35. The number of hydrogen-bond donors (Lipinski definition) is 1. The molecule has 1 unspecified atom stereocenters. The average Bonchev–Trinajstić information content (AvgIpc) is 2.66. The zero-order valence-corrected chi connectivity index (χ0v) is 17.0. The van der Waals surface area contributed by atoms with Gasteiger partial charge in [0, 0.05) is 6.54 Å². The van der Waals surface area contributed by atoms with Crippen LogP contribution in [0.25, 0.3) is 0 Å². The number of rotatable bonds is 7. The van der Waals surface area contributed by atoms with Gasteiger partial charge in [-0.2, -0.15) is 0 Å². The minimum atomic E-state index is -0.540. The SMILES string of the molecule is CC(C)C1Cc2cc(F)ccc2[C@H](O)[C@@H]1CCN(C)CCc1ccc(F)cc1. The number of fused-ring (bicyclic) bond motifs is 1. The van der Waals surface area contributed by atoms with Crippen molar-refractivity contribution >= 4 is 0 Å². The summed E-state index contributed by atoms with van der Waals surface area (Å²) in [5.74, 6) is 0.511. The van der Waals surface area contributed by atoms with Gasteiger partial charge in [-0.25, -0.2) is 8.78 Å². The second-order valence-electron chi connectivity index (χ2n) is 8.53. The lowest BCUT2D eigenvalue weighted by Gasteiger charge is -2.40. The summed E-state index contributed by atoms with van der Waals surface area (Å²) in [6.07, 6.45) is 2.06. The summed E-state index contributed by atoms with van der Waals surface area (Å²) in [6, 6.07) is 11.4. The number of benzene rings is 2. The second-order valence-corrected chi connectivity index (χ2v) is 8.53. The van der Waals surface area contributed by atoms with Crippen molar-refractivity contribution in [2.45, 2.75) is 39.2 Å². The maximum atomic E-state index is 13.6. The molecule has 0 radical (unpaired) electrons. The number of aliphatic hydroxyl groups excluding tert-OH is 1. The molecule has 152 valence electrons. The van der Waals surface area contributed by atoms with Gasteiger partial charge < -0.3 is 10.0 Å². The van der Waals surface area contributed by atoms with Gasteiger partial charge in [-0.15, -0.1) is 0 Å². The van der Waals surface area contributed by atoms with Crippen LogP contribution in [0.1, 0.15) is 43.1 Å². The van der Waals surface area contributed by atoms with Gasteiger partial charge in [0.25, 0.3) is 0 Å². The van der Waals surface area contributed by atoms with Gasteiger partial charge in [0.1, 0.15) is 11.6 Å². The Hall–Kier alpha value is -1.78. The van der Waals surface area contributed by atoms with Crippen molar-refractivity contribution in [1.82, 2.24) is 4.90 Å². The standard InChI is InChI=1S/C24H31F2NO/c1-16(2)23-15-18-14-20(26)8-9-21(18)24(28)22(23)11-13-27(3)12-10-17-4-6-19(25)7-5-17/h4-9,14,16,22-24,28H,10-13,15H2,1-3H3/t22-,23?,24+/m1/s1. The van der Waals surface area contributed by atoms with E-state index >= 15 is 0 Å². The van der Waals surface area contributed by atoms with Crippen molar-refractivity contribution in [2.75, 3.05) is 20.1 Å². The molecule has 3 atom stereocenters. The van der Waals surface area contributed by atoms with Gasteiger partial charge >= 0.3 is 0 Å². The highest BCUT2D eigenvalue weighted by Gasteiger charge is 2.37. The van der Waals surface area contributed by atoms with Gasteiger partial charge in [-0.3, -0.25) is 0 Å². The van der Waals surface area contributed by atoms with E-state index in [1.165, 1.54) is 18.2 Å². The van der Waals surface area contributed by atoms with Gasteiger partial charge in [-0.1, -0.05) is 32.0 Å². The zero-order chi connectivity index (χ0) is 20.3. The molecule has 2 aromatic rings. The minimum Gasteiger partial charge on any atom is -0.388 e. The maximum absolute atomic E-state index is 13.6. The first-order chi connectivity index (χ1) is 13.3. The third-order valence-corrected chi connectivity index (χ3v) is 6.23. The first kappa shape index (κ1) is 20.9. The number of likely N-dealkylation sites (N-methyl/N-ethyl adjacent to an activating group) is 1. The lowest BCUT2D eigenvalue weighted by molar-refractivity contribution is 0.0320. The number of halogens is 2. The Bertz CT molecular complexity index is 775. The molecule has 28 heavy (non-hydrogen) atoms. The third-order valence-electron chi connectivity index (χ3n) is 6.23. The normalized spacial score (nSPS) is 21.9. The molecule has 0 heterocycles. The summed E-state index contributed by atoms with van der Waals surface area (Å²) in [6.45, 7) is 6.16. The fourth-order valence-corrected chi connectivity index (χ4v) is 4.46. The Morgan fingerprint density at radius 1 is 1.04 bits per heavy atom. The molecular weight excluding hydrogens is 356 g/mol. The van der Waals surface area contributed by atoms with Gasteiger partial charge in [-0.05, 0) is 91.6 Å². The fraction of sp³-hybridized carbons (Fsp3) is 0.500. The smallest absolute Gasteiger partial charge is 0.123 e. The zero-order valence-electron chi connectivity index (χ0n) is 17.0. The summed E-state index contributed by atoms with van der Waals surface area (Å²) < 4.78 is 26.7. The lowest BCUT2D eigenvalue weighted by atomic mass is 9.68. The van der Waals surface area contributed by atoms with Crippen LogP contribution < -0.4 is 0 Å². The Balaban J connectivity index is 1.61. The average molecular weight is 388 g/mol. The Morgan fingerprint density at radius 3 is 2.39 bits per heavy atom. The molecule has 1 aliphatic carbocycles. The van der Waals surface area contributed by atoms with Gasteiger partial charge in [0.15, 0.2) is 0 Å². The first-order valence-corrected chi connectivity index (χ1v) is 10.2. The first-order valence-electron chi connectivity index (χ1n) is 10.2. The molecule has 0 aromatic heterocycles. The Labute approximate surface area is 167 Å². The minimum absolute atomic E-state index is 0.172. The van der Waals surface area contributed by atoms with Crippen LogP contribution in [0.2, 0.25) is 0 Å². The predicted molar refractivity (Wildman–Crippen MR) is 109 cm³/mol. The summed E-state index contributed by atoms with van der Waals surface area (Å²) in [4.78, 5) is 2.27. The molecular formula is C24H31F2NO. The highest BCUT2D eigenvalue weighted by Crippen LogP contribution is 2.43. The Morgan fingerprint density at radius 2 is 1.71 bits per heavy atom. The van der Waals surface area contributed by atoms with Crippen LogP contribution in [0.15, 0.2) is 42.5 Å². The molecule has 0 bridgehead atoms. The van der Waals surface area contributed by atoms with E-state index in [1.54, 1.807) is 12.1 Å². The van der Waals surface area contributed by atoms with Crippen molar-refractivity contribution in [1.29, 1.82) is 0 Å². The highest BCUT2D eigenvalue weighted by molar-refractivity contribution is 5.33. The van der Waals surface area contributed by atoms with Crippen molar-refractivity contribution < 1.29 is 13.9 Å². The number of nitrogens with zero attached hydrogens (tertiary/aromatic N) is 1. The molecule has 1 aliphatic rings. The molecule has 1 N–H and O–H groups in total. The molecule has 0 fully saturated rings. The van der Waals surface area contributed by atoms with E-state index in [1.807, 2.05) is 12.1 Å². The van der Waals surface area contributed by atoms with E-state index in [2.05, 4.69) is 25.8 Å². The van der Waals surface area contributed by atoms with E-state index < -0.39 is 6.10 Å². The van der Waals surface area contributed by atoms with Crippen LogP contribution in [0.3, 0.4) is 0 Å². The summed E-state index contributed by atoms with van der Waals surface area (Å²) in [5, 5.41) is 11.0. The van der Waals surface area contributed by atoms with Gasteiger partial charge in [0.2, 0.25) is 0 Å². The van der Waals surface area contributed by atoms with Crippen LogP contribution >= 0.6 is 0 Å². The van der Waals surface area contributed by atoms with Crippen molar-refractivity contribution in [3.63, 3.8) is 0 Å².